The van der Waals surface area contributed by atoms with Crippen molar-refractivity contribution in [1.29, 1.82) is 0 Å². The Morgan fingerprint density at radius 2 is 1.65 bits per heavy atom. The molecule has 0 aliphatic carbocycles. The fraction of sp³-hybridized carbons (Fsp3) is 0.333. The summed E-state index contributed by atoms with van der Waals surface area (Å²) in [5.74, 6) is -0.180. The van der Waals surface area contributed by atoms with Crippen molar-refractivity contribution in [1.82, 2.24) is 0 Å². The van der Waals surface area contributed by atoms with E-state index in [1.54, 1.807) is 25.1 Å². The molecule has 0 heterocycles. The largest absolute Gasteiger partial charge is 0.385 e. The third kappa shape index (κ3) is 1.93. The van der Waals surface area contributed by atoms with E-state index in [9.17, 15) is 9.50 Å². The highest BCUT2D eigenvalue weighted by molar-refractivity contribution is 5.87. The zero-order valence-corrected chi connectivity index (χ0v) is 10.4. The molecular formula is C15H17FO. The molecular weight excluding hydrogens is 215 g/mol. The van der Waals surface area contributed by atoms with E-state index in [1.165, 1.54) is 6.07 Å². The van der Waals surface area contributed by atoms with E-state index in [2.05, 4.69) is 0 Å². The smallest absolute Gasteiger partial charge is 0.131 e. The summed E-state index contributed by atoms with van der Waals surface area (Å²) < 4.78 is 13.7. The molecule has 0 aromatic heterocycles. The molecule has 0 aliphatic rings. The average Bonchev–Trinajstić information content (AvgIpc) is 2.29. The van der Waals surface area contributed by atoms with E-state index < -0.39 is 5.60 Å². The number of halogens is 1. The monoisotopic (exact) mass is 232 g/mol. The van der Waals surface area contributed by atoms with Crippen LogP contribution >= 0.6 is 0 Å². The lowest BCUT2D eigenvalue weighted by molar-refractivity contribution is 0.0105. The molecule has 2 heteroatoms. The van der Waals surface area contributed by atoms with E-state index >= 15 is 0 Å². The van der Waals surface area contributed by atoms with Crippen LogP contribution < -0.4 is 0 Å². The zero-order valence-electron chi connectivity index (χ0n) is 10.4. The van der Waals surface area contributed by atoms with Crippen LogP contribution in [0.5, 0.6) is 0 Å². The van der Waals surface area contributed by atoms with Crippen LogP contribution in [0.15, 0.2) is 36.4 Å². The molecule has 2 rings (SSSR count). The lowest BCUT2D eigenvalue weighted by atomic mass is 9.82. The maximum Gasteiger partial charge on any atom is 0.131 e. The molecule has 0 saturated carbocycles. The van der Waals surface area contributed by atoms with Crippen LogP contribution in [0.2, 0.25) is 0 Å². The summed E-state index contributed by atoms with van der Waals surface area (Å²) in [5, 5.41) is 11.9. The maximum absolute atomic E-state index is 13.7. The van der Waals surface area contributed by atoms with Gasteiger partial charge in [0.05, 0.1) is 5.60 Å². The summed E-state index contributed by atoms with van der Waals surface area (Å²) >= 11 is 0. The van der Waals surface area contributed by atoms with Gasteiger partial charge in [0.25, 0.3) is 0 Å². The Balaban J connectivity index is 2.76. The Morgan fingerprint density at radius 3 is 2.24 bits per heavy atom. The SMILES string of the molecule is CC(C)[C@](C)(O)c1ccc(F)c2ccccc12. The van der Waals surface area contributed by atoms with Crippen LogP contribution in [0.3, 0.4) is 0 Å². The van der Waals surface area contributed by atoms with Crippen LogP contribution in [0.1, 0.15) is 26.3 Å². The lowest BCUT2D eigenvalue weighted by Crippen LogP contribution is -2.28. The van der Waals surface area contributed by atoms with Gasteiger partial charge in [-0.25, -0.2) is 4.39 Å². The highest BCUT2D eigenvalue weighted by Crippen LogP contribution is 2.34. The summed E-state index contributed by atoms with van der Waals surface area (Å²) in [6.45, 7) is 5.69. The number of aliphatic hydroxyl groups is 1. The van der Waals surface area contributed by atoms with Crippen molar-refractivity contribution in [3.8, 4) is 0 Å². The Labute approximate surface area is 101 Å². The summed E-state index contributed by atoms with van der Waals surface area (Å²) in [6, 6.07) is 10.4. The number of fused-ring (bicyclic) bond motifs is 1. The van der Waals surface area contributed by atoms with Gasteiger partial charge in [-0.05, 0) is 29.9 Å². The Kier molecular flexibility index (Phi) is 2.92. The minimum Gasteiger partial charge on any atom is -0.385 e. The molecule has 2 aromatic rings. The van der Waals surface area contributed by atoms with Crippen molar-refractivity contribution in [3.63, 3.8) is 0 Å². The maximum atomic E-state index is 13.7. The van der Waals surface area contributed by atoms with Crippen molar-refractivity contribution < 1.29 is 9.50 Å². The standard InChI is InChI=1S/C15H17FO/c1-10(2)15(3,17)13-8-9-14(16)12-7-5-4-6-11(12)13/h4-10,17H,1-3H3/t15-/m0/s1. The van der Waals surface area contributed by atoms with Gasteiger partial charge in [0.2, 0.25) is 0 Å². The van der Waals surface area contributed by atoms with Crippen LogP contribution in [0.25, 0.3) is 10.8 Å². The Hall–Kier alpha value is -1.41. The first-order valence-electron chi connectivity index (χ1n) is 5.84. The predicted molar refractivity (Wildman–Crippen MR) is 68.3 cm³/mol. The van der Waals surface area contributed by atoms with Crippen molar-refractivity contribution in [3.05, 3.63) is 47.8 Å². The van der Waals surface area contributed by atoms with Gasteiger partial charge in [0.15, 0.2) is 0 Å². The second-order valence-electron chi connectivity index (χ2n) is 4.94. The fourth-order valence-electron chi connectivity index (χ4n) is 2.01. The first kappa shape index (κ1) is 12.1. The molecule has 1 atom stereocenters. The summed E-state index contributed by atoms with van der Waals surface area (Å²) in [7, 11) is 0. The van der Waals surface area contributed by atoms with Crippen molar-refractivity contribution in [2.24, 2.45) is 5.92 Å². The molecule has 17 heavy (non-hydrogen) atoms. The van der Waals surface area contributed by atoms with E-state index in [1.807, 2.05) is 26.0 Å². The van der Waals surface area contributed by atoms with E-state index in [0.29, 0.717) is 5.39 Å². The van der Waals surface area contributed by atoms with Gasteiger partial charge in [0.1, 0.15) is 5.82 Å². The lowest BCUT2D eigenvalue weighted by Gasteiger charge is -2.29. The highest BCUT2D eigenvalue weighted by atomic mass is 19.1. The number of rotatable bonds is 2. The average molecular weight is 232 g/mol. The van der Waals surface area contributed by atoms with Gasteiger partial charge in [-0.1, -0.05) is 44.2 Å². The predicted octanol–water partition coefficient (Wildman–Crippen LogP) is 3.84. The van der Waals surface area contributed by atoms with E-state index in [4.69, 9.17) is 0 Å². The fourth-order valence-corrected chi connectivity index (χ4v) is 2.01. The first-order chi connectivity index (χ1) is 7.94. The quantitative estimate of drug-likeness (QED) is 0.834. The van der Waals surface area contributed by atoms with Crippen LogP contribution in [-0.4, -0.2) is 5.11 Å². The molecule has 0 bridgehead atoms. The van der Waals surface area contributed by atoms with E-state index in [0.717, 1.165) is 10.9 Å². The summed E-state index contributed by atoms with van der Waals surface area (Å²) in [5.41, 5.74) is -0.169. The first-order valence-corrected chi connectivity index (χ1v) is 5.84. The molecule has 0 unspecified atom stereocenters. The molecule has 0 fully saturated rings. The van der Waals surface area contributed by atoms with Crippen LogP contribution in [0.4, 0.5) is 4.39 Å². The molecule has 0 aliphatic heterocycles. The van der Waals surface area contributed by atoms with Crippen molar-refractivity contribution in [2.75, 3.05) is 0 Å². The molecule has 0 spiro atoms. The van der Waals surface area contributed by atoms with Gasteiger partial charge in [-0.2, -0.15) is 0 Å². The Bertz CT molecular complexity index is 544. The summed E-state index contributed by atoms with van der Waals surface area (Å²) in [4.78, 5) is 0. The molecule has 0 amide bonds. The second-order valence-corrected chi connectivity index (χ2v) is 4.94. The van der Waals surface area contributed by atoms with Gasteiger partial charge < -0.3 is 5.11 Å². The molecule has 90 valence electrons. The summed E-state index contributed by atoms with van der Waals surface area (Å²) in [6.07, 6.45) is 0. The highest BCUT2D eigenvalue weighted by Gasteiger charge is 2.29. The number of hydrogen-bond acceptors (Lipinski definition) is 1. The van der Waals surface area contributed by atoms with E-state index in [-0.39, 0.29) is 11.7 Å². The zero-order chi connectivity index (χ0) is 12.6. The topological polar surface area (TPSA) is 20.2 Å². The van der Waals surface area contributed by atoms with Crippen LogP contribution in [-0.2, 0) is 5.60 Å². The normalized spacial score (nSPS) is 15.2. The molecule has 0 radical (unpaired) electrons. The third-order valence-corrected chi connectivity index (χ3v) is 3.54. The number of benzene rings is 2. The molecule has 1 nitrogen and oxygen atoms in total. The minimum absolute atomic E-state index is 0.0661. The Morgan fingerprint density at radius 1 is 1.06 bits per heavy atom. The second kappa shape index (κ2) is 4.11. The van der Waals surface area contributed by atoms with Gasteiger partial charge >= 0.3 is 0 Å². The molecule has 1 N–H and O–H groups in total. The van der Waals surface area contributed by atoms with Gasteiger partial charge in [-0.15, -0.1) is 0 Å². The molecule has 2 aromatic carbocycles. The van der Waals surface area contributed by atoms with Crippen LogP contribution in [0, 0.1) is 11.7 Å². The van der Waals surface area contributed by atoms with Crippen molar-refractivity contribution >= 4 is 10.8 Å². The number of hydrogen-bond donors (Lipinski definition) is 1. The minimum atomic E-state index is -0.951. The third-order valence-electron chi connectivity index (χ3n) is 3.54. The molecule has 0 saturated heterocycles. The van der Waals surface area contributed by atoms with Gasteiger partial charge in [-0.3, -0.25) is 0 Å². The van der Waals surface area contributed by atoms with Gasteiger partial charge in [0, 0.05) is 5.39 Å². The van der Waals surface area contributed by atoms with Crippen molar-refractivity contribution in [2.45, 2.75) is 26.4 Å².